The van der Waals surface area contributed by atoms with E-state index in [9.17, 15) is 26.3 Å². The molecule has 0 saturated heterocycles. The summed E-state index contributed by atoms with van der Waals surface area (Å²) in [5.41, 5.74) is -1.60. The second-order valence-corrected chi connectivity index (χ2v) is 4.64. The van der Waals surface area contributed by atoms with E-state index in [0.717, 1.165) is 6.42 Å². The van der Waals surface area contributed by atoms with E-state index in [-0.39, 0.29) is 12.8 Å². The summed E-state index contributed by atoms with van der Waals surface area (Å²) < 4.78 is 73.8. The van der Waals surface area contributed by atoms with Crippen molar-refractivity contribution in [2.24, 2.45) is 5.41 Å². The Kier molecular flexibility index (Phi) is 3.80. The fourth-order valence-electron chi connectivity index (χ4n) is 2.57. The predicted molar refractivity (Wildman–Crippen MR) is 46.9 cm³/mol. The van der Waals surface area contributed by atoms with E-state index in [1.807, 2.05) is 0 Å². The molecule has 6 heteroatoms. The van der Waals surface area contributed by atoms with Gasteiger partial charge in [-0.3, -0.25) is 0 Å². The average molecular weight is 248 g/mol. The molecule has 16 heavy (non-hydrogen) atoms. The topological polar surface area (TPSA) is 0 Å². The number of alkyl halides is 6. The molecule has 1 rings (SSSR count). The third-order valence-corrected chi connectivity index (χ3v) is 3.07. The highest BCUT2D eigenvalue weighted by atomic mass is 19.4. The molecular weight excluding hydrogens is 234 g/mol. The molecule has 0 bridgehead atoms. The van der Waals surface area contributed by atoms with Gasteiger partial charge in [0.05, 0.1) is 0 Å². The summed E-state index contributed by atoms with van der Waals surface area (Å²) in [5.74, 6) is 0. The fourth-order valence-corrected chi connectivity index (χ4v) is 2.57. The van der Waals surface area contributed by atoms with Crippen molar-refractivity contribution in [3.63, 3.8) is 0 Å². The smallest absolute Gasteiger partial charge is 0.171 e. The Morgan fingerprint density at radius 2 is 1.06 bits per heavy atom. The van der Waals surface area contributed by atoms with Gasteiger partial charge in [-0.05, 0) is 18.3 Å². The molecule has 0 aromatic carbocycles. The normalized spacial score (nSPS) is 22.1. The third kappa shape index (κ3) is 4.61. The Labute approximate surface area is 90.0 Å². The van der Waals surface area contributed by atoms with Crippen molar-refractivity contribution in [1.29, 1.82) is 0 Å². The van der Waals surface area contributed by atoms with Crippen LogP contribution in [0.5, 0.6) is 0 Å². The minimum absolute atomic E-state index is 0.0337. The van der Waals surface area contributed by atoms with Gasteiger partial charge in [-0.15, -0.1) is 0 Å². The van der Waals surface area contributed by atoms with Crippen molar-refractivity contribution in [1.82, 2.24) is 0 Å². The summed E-state index contributed by atoms with van der Waals surface area (Å²) >= 11 is 0. The van der Waals surface area contributed by atoms with Gasteiger partial charge in [-0.25, -0.2) is 0 Å². The molecule has 0 atom stereocenters. The first-order valence-electron chi connectivity index (χ1n) is 5.26. The van der Waals surface area contributed by atoms with Crippen LogP contribution in [0.3, 0.4) is 0 Å². The standard InChI is InChI=1S/C10H14F6/c11-9(12,13)6-8(7-10(14,15)16)4-2-1-3-5-8/h1-7H2. The molecule has 0 nitrogen and oxygen atoms in total. The van der Waals surface area contributed by atoms with Crippen LogP contribution in [-0.4, -0.2) is 12.4 Å². The van der Waals surface area contributed by atoms with Crippen molar-refractivity contribution in [3.8, 4) is 0 Å². The zero-order valence-electron chi connectivity index (χ0n) is 8.72. The molecule has 0 unspecified atom stereocenters. The van der Waals surface area contributed by atoms with Gasteiger partial charge in [0.1, 0.15) is 0 Å². The van der Waals surface area contributed by atoms with Crippen molar-refractivity contribution >= 4 is 0 Å². The first-order chi connectivity index (χ1) is 7.12. The summed E-state index contributed by atoms with van der Waals surface area (Å²) in [6.07, 6.45) is -9.90. The van der Waals surface area contributed by atoms with E-state index in [4.69, 9.17) is 0 Å². The Balaban J connectivity index is 2.75. The van der Waals surface area contributed by atoms with Crippen molar-refractivity contribution < 1.29 is 26.3 Å². The summed E-state index contributed by atoms with van der Waals surface area (Å²) in [5, 5.41) is 0. The Morgan fingerprint density at radius 3 is 1.38 bits per heavy atom. The SMILES string of the molecule is FC(F)(F)CC1(CC(F)(F)F)CCCCC1. The average Bonchev–Trinajstić information content (AvgIpc) is 1.97. The van der Waals surface area contributed by atoms with E-state index < -0.39 is 30.6 Å². The van der Waals surface area contributed by atoms with E-state index in [2.05, 4.69) is 0 Å². The summed E-state index contributed by atoms with van der Waals surface area (Å²) in [6, 6.07) is 0. The van der Waals surface area contributed by atoms with Gasteiger partial charge in [0.15, 0.2) is 0 Å². The maximum absolute atomic E-state index is 12.3. The van der Waals surface area contributed by atoms with Crippen LogP contribution in [0.15, 0.2) is 0 Å². The second kappa shape index (κ2) is 4.45. The molecule has 1 fully saturated rings. The molecular formula is C10H14F6. The molecule has 96 valence electrons. The van der Waals surface area contributed by atoms with E-state index in [1.54, 1.807) is 0 Å². The van der Waals surface area contributed by atoms with Crippen molar-refractivity contribution in [3.05, 3.63) is 0 Å². The lowest BCUT2D eigenvalue weighted by atomic mass is 9.69. The lowest BCUT2D eigenvalue weighted by Crippen LogP contribution is -2.35. The van der Waals surface area contributed by atoms with Gasteiger partial charge >= 0.3 is 12.4 Å². The highest BCUT2D eigenvalue weighted by molar-refractivity contribution is 4.87. The number of halogens is 6. The van der Waals surface area contributed by atoms with Crippen LogP contribution in [0.1, 0.15) is 44.9 Å². The number of hydrogen-bond donors (Lipinski definition) is 0. The third-order valence-electron chi connectivity index (χ3n) is 3.07. The first kappa shape index (κ1) is 13.6. The maximum Gasteiger partial charge on any atom is 0.389 e. The molecule has 0 amide bonds. The largest absolute Gasteiger partial charge is 0.389 e. The molecule has 0 N–H and O–H groups in total. The lowest BCUT2D eigenvalue weighted by molar-refractivity contribution is -0.200. The van der Waals surface area contributed by atoms with E-state index in [1.165, 1.54) is 0 Å². The van der Waals surface area contributed by atoms with E-state index in [0.29, 0.717) is 12.8 Å². The zero-order chi connectivity index (χ0) is 12.4. The minimum atomic E-state index is -4.51. The second-order valence-electron chi connectivity index (χ2n) is 4.64. The van der Waals surface area contributed by atoms with Gasteiger partial charge in [0, 0.05) is 12.8 Å². The fraction of sp³-hybridized carbons (Fsp3) is 1.00. The zero-order valence-corrected chi connectivity index (χ0v) is 8.72. The molecule has 1 aliphatic carbocycles. The van der Waals surface area contributed by atoms with Crippen molar-refractivity contribution in [2.45, 2.75) is 57.3 Å². The van der Waals surface area contributed by atoms with Gasteiger partial charge in [-0.2, -0.15) is 26.3 Å². The van der Waals surface area contributed by atoms with Gasteiger partial charge < -0.3 is 0 Å². The van der Waals surface area contributed by atoms with Gasteiger partial charge in [0.2, 0.25) is 0 Å². The highest BCUT2D eigenvalue weighted by Crippen LogP contribution is 2.50. The molecule has 1 saturated carbocycles. The lowest BCUT2D eigenvalue weighted by Gasteiger charge is -2.38. The van der Waals surface area contributed by atoms with E-state index >= 15 is 0 Å². The molecule has 0 aliphatic heterocycles. The Morgan fingerprint density at radius 1 is 0.688 bits per heavy atom. The van der Waals surface area contributed by atoms with Crippen LogP contribution in [0.4, 0.5) is 26.3 Å². The van der Waals surface area contributed by atoms with Crippen LogP contribution >= 0.6 is 0 Å². The molecule has 1 aliphatic rings. The maximum atomic E-state index is 12.3. The van der Waals surface area contributed by atoms with Crippen LogP contribution in [0.25, 0.3) is 0 Å². The molecule has 0 aromatic rings. The van der Waals surface area contributed by atoms with Gasteiger partial charge in [-0.1, -0.05) is 19.3 Å². The predicted octanol–water partition coefficient (Wildman–Crippen LogP) is 4.84. The highest BCUT2D eigenvalue weighted by Gasteiger charge is 2.48. The summed E-state index contributed by atoms with van der Waals surface area (Å²) in [4.78, 5) is 0. The Bertz CT molecular complexity index is 202. The Hall–Kier alpha value is -0.420. The summed E-state index contributed by atoms with van der Waals surface area (Å²) in [6.45, 7) is 0. The molecule has 0 spiro atoms. The van der Waals surface area contributed by atoms with Crippen LogP contribution in [0, 0.1) is 5.41 Å². The quantitative estimate of drug-likeness (QED) is 0.613. The van der Waals surface area contributed by atoms with Gasteiger partial charge in [0.25, 0.3) is 0 Å². The van der Waals surface area contributed by atoms with Crippen LogP contribution in [-0.2, 0) is 0 Å². The summed E-state index contributed by atoms with van der Waals surface area (Å²) in [7, 11) is 0. The van der Waals surface area contributed by atoms with Crippen LogP contribution in [0.2, 0.25) is 0 Å². The minimum Gasteiger partial charge on any atom is -0.171 e. The first-order valence-corrected chi connectivity index (χ1v) is 5.26. The molecule has 0 aromatic heterocycles. The molecule has 0 radical (unpaired) electrons. The number of hydrogen-bond acceptors (Lipinski definition) is 0. The van der Waals surface area contributed by atoms with Crippen LogP contribution < -0.4 is 0 Å². The molecule has 0 heterocycles. The number of rotatable bonds is 2. The van der Waals surface area contributed by atoms with Crippen molar-refractivity contribution in [2.75, 3.05) is 0 Å². The monoisotopic (exact) mass is 248 g/mol.